The Morgan fingerprint density at radius 1 is 0.967 bits per heavy atom. The Labute approximate surface area is 178 Å². The third-order valence-electron chi connectivity index (χ3n) is 4.31. The van der Waals surface area contributed by atoms with Crippen LogP contribution in [-0.2, 0) is 13.2 Å². The van der Waals surface area contributed by atoms with Gasteiger partial charge in [-0.2, -0.15) is 0 Å². The molecule has 0 radical (unpaired) electrons. The van der Waals surface area contributed by atoms with E-state index in [9.17, 15) is 4.79 Å². The van der Waals surface area contributed by atoms with Crippen LogP contribution in [-0.4, -0.2) is 27.5 Å². The zero-order chi connectivity index (χ0) is 21.4. The number of benzene rings is 1. The molecule has 0 spiro atoms. The van der Waals surface area contributed by atoms with Crippen LogP contribution in [0.1, 0.15) is 47.7 Å². The van der Waals surface area contributed by atoms with Crippen molar-refractivity contribution in [2.45, 2.75) is 39.3 Å². The van der Waals surface area contributed by atoms with Crippen LogP contribution >= 0.6 is 0 Å². The number of aliphatic hydroxyl groups excluding tert-OH is 1. The minimum absolute atomic E-state index is 0.0772. The number of amides is 1. The third-order valence-corrected chi connectivity index (χ3v) is 4.31. The summed E-state index contributed by atoms with van der Waals surface area (Å²) < 4.78 is 0. The first-order valence-electron chi connectivity index (χ1n) is 10.2. The molecule has 0 aliphatic heterocycles. The molecule has 0 saturated heterocycles. The molecule has 6 heteroatoms. The number of carbonyl (C=O) groups is 1. The summed E-state index contributed by atoms with van der Waals surface area (Å²) in [5.41, 5.74) is 2.68. The van der Waals surface area contributed by atoms with E-state index in [1.807, 2.05) is 42.5 Å². The van der Waals surface area contributed by atoms with Gasteiger partial charge in [-0.05, 0) is 54.4 Å². The molecular weight excluding hydrogens is 376 g/mol. The van der Waals surface area contributed by atoms with Gasteiger partial charge in [-0.3, -0.25) is 9.78 Å². The number of pyridine rings is 2. The van der Waals surface area contributed by atoms with E-state index >= 15 is 0 Å². The molecule has 3 aromatic rings. The van der Waals surface area contributed by atoms with Gasteiger partial charge in [0.1, 0.15) is 5.82 Å². The second-order valence-corrected chi connectivity index (χ2v) is 6.77. The fourth-order valence-electron chi connectivity index (χ4n) is 2.62. The largest absolute Gasteiger partial charge is 0.392 e. The van der Waals surface area contributed by atoms with Gasteiger partial charge in [0.15, 0.2) is 0 Å². The van der Waals surface area contributed by atoms with Crippen LogP contribution in [0.4, 0.5) is 5.82 Å². The molecule has 0 atom stereocenters. The maximum atomic E-state index is 12.1. The summed E-state index contributed by atoms with van der Waals surface area (Å²) in [5.74, 6) is 0.426. The second kappa shape index (κ2) is 14.0. The Balaban J connectivity index is 0.000000335. The lowest BCUT2D eigenvalue weighted by Gasteiger charge is -2.07. The van der Waals surface area contributed by atoms with Gasteiger partial charge in [-0.1, -0.05) is 44.0 Å². The molecule has 1 aromatic carbocycles. The summed E-state index contributed by atoms with van der Waals surface area (Å²) in [6.07, 6.45) is 8.69. The van der Waals surface area contributed by atoms with Crippen molar-refractivity contribution in [3.05, 3.63) is 89.9 Å². The normalized spacial score (nSPS) is 10.1. The summed E-state index contributed by atoms with van der Waals surface area (Å²) in [6, 6.07) is 16.7. The van der Waals surface area contributed by atoms with Gasteiger partial charge < -0.3 is 15.7 Å². The molecule has 1 amide bonds. The lowest BCUT2D eigenvalue weighted by Crippen LogP contribution is -2.15. The highest BCUT2D eigenvalue weighted by molar-refractivity contribution is 6.03. The van der Waals surface area contributed by atoms with Crippen LogP contribution in [0, 0.1) is 0 Å². The van der Waals surface area contributed by atoms with E-state index in [2.05, 4.69) is 27.5 Å². The summed E-state index contributed by atoms with van der Waals surface area (Å²) >= 11 is 0. The van der Waals surface area contributed by atoms with Crippen molar-refractivity contribution in [1.82, 2.24) is 15.3 Å². The van der Waals surface area contributed by atoms with Gasteiger partial charge in [0, 0.05) is 30.7 Å². The van der Waals surface area contributed by atoms with E-state index in [1.54, 1.807) is 30.7 Å². The van der Waals surface area contributed by atoms with Crippen molar-refractivity contribution < 1.29 is 9.90 Å². The maximum Gasteiger partial charge on any atom is 0.256 e. The van der Waals surface area contributed by atoms with Gasteiger partial charge in [0.25, 0.3) is 5.91 Å². The van der Waals surface area contributed by atoms with Crippen LogP contribution in [0.2, 0.25) is 0 Å². The molecular formula is C24H30N4O2. The smallest absolute Gasteiger partial charge is 0.256 e. The van der Waals surface area contributed by atoms with Gasteiger partial charge in [0.05, 0.1) is 6.61 Å². The van der Waals surface area contributed by atoms with Crippen molar-refractivity contribution in [1.29, 1.82) is 0 Å². The van der Waals surface area contributed by atoms with Gasteiger partial charge in [-0.25, -0.2) is 4.98 Å². The highest BCUT2D eigenvalue weighted by Crippen LogP contribution is 2.08. The van der Waals surface area contributed by atoms with Crippen LogP contribution in [0.5, 0.6) is 0 Å². The molecule has 158 valence electrons. The number of hydrogen-bond donors (Lipinski definition) is 3. The first-order chi connectivity index (χ1) is 14.7. The Morgan fingerprint density at radius 2 is 1.80 bits per heavy atom. The number of unbranched alkanes of at least 4 members (excludes halogenated alkanes) is 2. The van der Waals surface area contributed by atoms with Crippen LogP contribution in [0.25, 0.3) is 0 Å². The molecule has 30 heavy (non-hydrogen) atoms. The number of anilines is 1. The molecule has 0 fully saturated rings. The van der Waals surface area contributed by atoms with Gasteiger partial charge in [-0.15, -0.1) is 0 Å². The van der Waals surface area contributed by atoms with E-state index in [0.29, 0.717) is 11.4 Å². The van der Waals surface area contributed by atoms with E-state index in [1.165, 1.54) is 24.8 Å². The average Bonchev–Trinajstić information content (AvgIpc) is 2.81. The number of nitrogens with one attached hydrogen (secondary N) is 2. The van der Waals surface area contributed by atoms with E-state index in [-0.39, 0.29) is 12.5 Å². The minimum Gasteiger partial charge on any atom is -0.392 e. The predicted octanol–water partition coefficient (Wildman–Crippen LogP) is 4.19. The Bertz CT molecular complexity index is 840. The van der Waals surface area contributed by atoms with Crippen LogP contribution in [0.15, 0.2) is 73.2 Å². The molecule has 3 N–H and O–H groups in total. The molecule has 2 heterocycles. The lowest BCUT2D eigenvalue weighted by molar-refractivity contribution is 0.102. The molecule has 3 rings (SSSR count). The van der Waals surface area contributed by atoms with Crippen molar-refractivity contribution >= 4 is 11.7 Å². The Morgan fingerprint density at radius 3 is 2.40 bits per heavy atom. The number of rotatable bonds is 9. The topological polar surface area (TPSA) is 87.1 Å². The summed E-state index contributed by atoms with van der Waals surface area (Å²) in [5, 5.41) is 14.7. The first-order valence-corrected chi connectivity index (χ1v) is 10.2. The predicted molar refractivity (Wildman–Crippen MR) is 120 cm³/mol. The number of aliphatic hydroxyl groups is 1. The summed E-state index contributed by atoms with van der Waals surface area (Å²) in [7, 11) is 0. The van der Waals surface area contributed by atoms with Crippen LogP contribution < -0.4 is 10.6 Å². The Kier molecular flexibility index (Phi) is 10.8. The van der Waals surface area contributed by atoms with Crippen molar-refractivity contribution in [3.63, 3.8) is 0 Å². The quantitative estimate of drug-likeness (QED) is 0.464. The molecule has 0 bridgehead atoms. The molecule has 0 aliphatic carbocycles. The zero-order valence-electron chi connectivity index (χ0n) is 17.4. The fraction of sp³-hybridized carbons (Fsp3) is 0.292. The number of nitrogens with zero attached hydrogens (tertiary/aromatic N) is 2. The Hall–Kier alpha value is -3.09. The van der Waals surface area contributed by atoms with Crippen molar-refractivity contribution in [3.8, 4) is 0 Å². The highest BCUT2D eigenvalue weighted by Gasteiger charge is 2.06. The van der Waals surface area contributed by atoms with E-state index in [4.69, 9.17) is 5.11 Å². The third kappa shape index (κ3) is 8.94. The number of carbonyl (C=O) groups excluding carboxylic acids is 1. The lowest BCUT2D eigenvalue weighted by atomic mass is 10.1. The monoisotopic (exact) mass is 406 g/mol. The SMILES string of the molecule is CCCCCNCc1ccc(C(=O)Nc2ccccn2)cc1.OCc1cccnc1. The molecule has 0 saturated carbocycles. The first kappa shape index (κ1) is 23.2. The van der Waals surface area contributed by atoms with Gasteiger partial charge >= 0.3 is 0 Å². The fourth-order valence-corrected chi connectivity index (χ4v) is 2.62. The molecule has 0 aliphatic rings. The van der Waals surface area contributed by atoms with Gasteiger partial charge in [0.2, 0.25) is 0 Å². The number of aromatic nitrogens is 2. The maximum absolute atomic E-state index is 12.1. The summed E-state index contributed by atoms with van der Waals surface area (Å²) in [6.45, 7) is 4.16. The van der Waals surface area contributed by atoms with E-state index in [0.717, 1.165) is 18.7 Å². The second-order valence-electron chi connectivity index (χ2n) is 6.77. The van der Waals surface area contributed by atoms with E-state index < -0.39 is 0 Å². The summed E-state index contributed by atoms with van der Waals surface area (Å²) in [4.78, 5) is 20.0. The molecule has 0 unspecified atom stereocenters. The highest BCUT2D eigenvalue weighted by atomic mass is 16.3. The van der Waals surface area contributed by atoms with Crippen LogP contribution in [0.3, 0.4) is 0 Å². The van der Waals surface area contributed by atoms with Crippen molar-refractivity contribution in [2.24, 2.45) is 0 Å². The number of hydrogen-bond acceptors (Lipinski definition) is 5. The average molecular weight is 407 g/mol. The molecule has 6 nitrogen and oxygen atoms in total. The molecule has 2 aromatic heterocycles. The van der Waals surface area contributed by atoms with Crippen molar-refractivity contribution in [2.75, 3.05) is 11.9 Å². The standard InChI is InChI=1S/C18H23N3O.C6H7NO/c1-2-3-5-12-19-14-15-8-10-16(11-9-15)18(22)21-17-7-4-6-13-20-17;8-5-6-2-1-3-7-4-6/h4,6-11,13,19H,2-3,5,12,14H2,1H3,(H,20,21,22);1-4,8H,5H2. The minimum atomic E-state index is -0.138. The zero-order valence-corrected chi connectivity index (χ0v) is 17.4.